The summed E-state index contributed by atoms with van der Waals surface area (Å²) >= 11 is 5.96. The molecule has 1 rings (SSSR count). The first-order chi connectivity index (χ1) is 11.9. The molecule has 0 radical (unpaired) electrons. The van der Waals surface area contributed by atoms with Crippen LogP contribution >= 0.6 is 11.6 Å². The number of nitrogens with zero attached hydrogens (tertiary/aromatic N) is 1. The number of nitrogens with two attached hydrogens (primary N) is 1. The molecule has 1 atom stereocenters. The molecule has 0 aliphatic heterocycles. The van der Waals surface area contributed by atoms with Crippen molar-refractivity contribution in [1.82, 2.24) is 9.62 Å². The van der Waals surface area contributed by atoms with Gasteiger partial charge < -0.3 is 10.5 Å². The third-order valence-corrected chi connectivity index (χ3v) is 5.42. The van der Waals surface area contributed by atoms with Crippen molar-refractivity contribution in [3.63, 3.8) is 0 Å². The minimum atomic E-state index is -3.80. The summed E-state index contributed by atoms with van der Waals surface area (Å²) in [5.74, 6) is -2.39. The zero-order valence-electron chi connectivity index (χ0n) is 14.6. The summed E-state index contributed by atoms with van der Waals surface area (Å²) in [6, 6.07) is 2.45. The molecular formula is C15H20ClN3O6S. The molecule has 0 saturated heterocycles. The number of halogens is 1. The van der Waals surface area contributed by atoms with Gasteiger partial charge in [0.15, 0.2) is 6.10 Å². The van der Waals surface area contributed by atoms with E-state index in [4.69, 9.17) is 22.1 Å². The maximum Gasteiger partial charge on any atom is 0.340 e. The van der Waals surface area contributed by atoms with Crippen LogP contribution in [0.2, 0.25) is 5.02 Å². The van der Waals surface area contributed by atoms with E-state index in [2.05, 4.69) is 0 Å². The van der Waals surface area contributed by atoms with Gasteiger partial charge in [-0.05, 0) is 24.1 Å². The average Bonchev–Trinajstić information content (AvgIpc) is 2.51. The number of rotatable bonds is 6. The van der Waals surface area contributed by atoms with E-state index in [1.54, 1.807) is 13.8 Å². The van der Waals surface area contributed by atoms with Crippen LogP contribution in [0, 0.1) is 5.92 Å². The van der Waals surface area contributed by atoms with E-state index >= 15 is 0 Å². The number of amides is 3. The van der Waals surface area contributed by atoms with Gasteiger partial charge in [-0.25, -0.2) is 22.3 Å². The average molecular weight is 406 g/mol. The fourth-order valence-corrected chi connectivity index (χ4v) is 3.02. The van der Waals surface area contributed by atoms with Gasteiger partial charge in [0, 0.05) is 14.1 Å². The third-order valence-electron chi connectivity index (χ3n) is 3.28. The number of imide groups is 1. The molecule has 3 N–H and O–H groups in total. The number of sulfonamides is 1. The summed E-state index contributed by atoms with van der Waals surface area (Å²) in [4.78, 5) is 35.0. The van der Waals surface area contributed by atoms with E-state index in [1.165, 1.54) is 26.2 Å². The number of ether oxygens (including phenoxy) is 1. The van der Waals surface area contributed by atoms with Crippen molar-refractivity contribution in [3.05, 3.63) is 28.8 Å². The molecule has 0 bridgehead atoms. The normalized spacial score (nSPS) is 12.7. The standard InChI is InChI=1S/C15H20ClN3O6S/c1-8(2)12(13(20)18-15(17)22)25-14(21)10-7-9(5-6-11(10)16)26(23,24)19(3)4/h5-8,12H,1-4H3,(H3,17,18,20,22)/t12-/m1/s1. The summed E-state index contributed by atoms with van der Waals surface area (Å²) in [7, 11) is -1.12. The van der Waals surface area contributed by atoms with Crippen LogP contribution in [0.4, 0.5) is 4.79 Å². The molecule has 0 spiro atoms. The SMILES string of the molecule is CC(C)[C@@H](OC(=O)c1cc(S(=O)(=O)N(C)C)ccc1Cl)C(=O)NC(N)=O. The summed E-state index contributed by atoms with van der Waals surface area (Å²) in [6.07, 6.45) is -1.32. The van der Waals surface area contributed by atoms with E-state index in [9.17, 15) is 22.8 Å². The van der Waals surface area contributed by atoms with Gasteiger partial charge in [0.25, 0.3) is 5.91 Å². The Bertz CT molecular complexity index is 823. The first-order valence-corrected chi connectivity index (χ1v) is 9.23. The monoisotopic (exact) mass is 405 g/mol. The molecular weight excluding hydrogens is 386 g/mol. The number of esters is 1. The van der Waals surface area contributed by atoms with Crippen molar-refractivity contribution in [2.75, 3.05) is 14.1 Å². The highest BCUT2D eigenvalue weighted by Crippen LogP contribution is 2.24. The number of nitrogens with one attached hydrogen (secondary N) is 1. The predicted octanol–water partition coefficient (Wildman–Crippen LogP) is 0.967. The second kappa shape index (κ2) is 8.47. The zero-order chi connectivity index (χ0) is 20.2. The van der Waals surface area contributed by atoms with Gasteiger partial charge in [0.05, 0.1) is 15.5 Å². The lowest BCUT2D eigenvalue weighted by Crippen LogP contribution is -2.45. The Morgan fingerprint density at radius 3 is 2.27 bits per heavy atom. The van der Waals surface area contributed by atoms with E-state index in [0.29, 0.717) is 0 Å². The molecule has 11 heteroatoms. The Labute approximate surface area is 156 Å². The number of carbonyl (C=O) groups is 3. The molecule has 144 valence electrons. The van der Waals surface area contributed by atoms with Gasteiger partial charge in [-0.15, -0.1) is 0 Å². The number of hydrogen-bond acceptors (Lipinski definition) is 6. The summed E-state index contributed by atoms with van der Waals surface area (Å²) in [6.45, 7) is 3.18. The lowest BCUT2D eigenvalue weighted by molar-refractivity contribution is -0.130. The van der Waals surface area contributed by atoms with E-state index < -0.39 is 40.0 Å². The van der Waals surface area contributed by atoms with Crippen LogP contribution in [0.3, 0.4) is 0 Å². The Balaban J connectivity index is 3.20. The smallest absolute Gasteiger partial charge is 0.340 e. The molecule has 0 aliphatic carbocycles. The van der Waals surface area contributed by atoms with Gasteiger partial charge in [-0.1, -0.05) is 25.4 Å². The van der Waals surface area contributed by atoms with Gasteiger partial charge in [-0.3, -0.25) is 10.1 Å². The molecule has 0 unspecified atom stereocenters. The summed E-state index contributed by atoms with van der Waals surface area (Å²) in [5.41, 5.74) is 4.66. The van der Waals surface area contributed by atoms with Gasteiger partial charge >= 0.3 is 12.0 Å². The fraction of sp³-hybridized carbons (Fsp3) is 0.400. The van der Waals surface area contributed by atoms with Crippen molar-refractivity contribution in [2.45, 2.75) is 24.8 Å². The molecule has 0 saturated carbocycles. The second-order valence-corrected chi connectivity index (χ2v) is 8.41. The van der Waals surface area contributed by atoms with Crippen LogP contribution in [0.1, 0.15) is 24.2 Å². The maximum absolute atomic E-state index is 12.4. The van der Waals surface area contributed by atoms with E-state index in [0.717, 1.165) is 10.4 Å². The molecule has 9 nitrogen and oxygen atoms in total. The highest BCUT2D eigenvalue weighted by Gasteiger charge is 2.29. The largest absolute Gasteiger partial charge is 0.448 e. The van der Waals surface area contributed by atoms with Gasteiger partial charge in [0.2, 0.25) is 10.0 Å². The molecule has 0 heterocycles. The van der Waals surface area contributed by atoms with Gasteiger partial charge in [-0.2, -0.15) is 0 Å². The highest BCUT2D eigenvalue weighted by atomic mass is 35.5. The Morgan fingerprint density at radius 1 is 1.23 bits per heavy atom. The van der Waals surface area contributed by atoms with Crippen LogP contribution in [0.25, 0.3) is 0 Å². The lowest BCUT2D eigenvalue weighted by Gasteiger charge is -2.20. The van der Waals surface area contributed by atoms with Crippen LogP contribution in [0.15, 0.2) is 23.1 Å². The van der Waals surface area contributed by atoms with Gasteiger partial charge in [0.1, 0.15) is 0 Å². The quantitative estimate of drug-likeness (QED) is 0.676. The van der Waals surface area contributed by atoms with E-state index in [1.807, 2.05) is 5.32 Å². The molecule has 26 heavy (non-hydrogen) atoms. The van der Waals surface area contributed by atoms with Crippen molar-refractivity contribution in [2.24, 2.45) is 11.7 Å². The van der Waals surface area contributed by atoms with Crippen molar-refractivity contribution in [1.29, 1.82) is 0 Å². The van der Waals surface area contributed by atoms with Crippen LogP contribution < -0.4 is 11.1 Å². The van der Waals surface area contributed by atoms with Crippen molar-refractivity contribution >= 4 is 39.5 Å². The molecule has 0 fully saturated rings. The van der Waals surface area contributed by atoms with Crippen LogP contribution in [-0.4, -0.2) is 50.8 Å². The summed E-state index contributed by atoms with van der Waals surface area (Å²) < 4.78 is 30.5. The first kappa shape index (κ1) is 21.9. The molecule has 0 aromatic heterocycles. The summed E-state index contributed by atoms with van der Waals surface area (Å²) in [5, 5.41) is 1.78. The topological polar surface area (TPSA) is 136 Å². The maximum atomic E-state index is 12.4. The van der Waals surface area contributed by atoms with Crippen molar-refractivity contribution in [3.8, 4) is 0 Å². The fourth-order valence-electron chi connectivity index (χ4n) is 1.90. The number of primary amides is 1. The third kappa shape index (κ3) is 5.16. The number of carbonyl (C=O) groups excluding carboxylic acids is 3. The molecule has 0 aliphatic rings. The molecule has 3 amide bonds. The minimum Gasteiger partial charge on any atom is -0.448 e. The number of urea groups is 1. The van der Waals surface area contributed by atoms with Crippen LogP contribution in [0.5, 0.6) is 0 Å². The van der Waals surface area contributed by atoms with E-state index in [-0.39, 0.29) is 15.5 Å². The molecule has 1 aromatic carbocycles. The van der Waals surface area contributed by atoms with Crippen LogP contribution in [-0.2, 0) is 19.6 Å². The predicted molar refractivity (Wildman–Crippen MR) is 94.1 cm³/mol. The Hall–Kier alpha value is -2.17. The van der Waals surface area contributed by atoms with Crippen molar-refractivity contribution < 1.29 is 27.5 Å². The number of hydrogen-bond donors (Lipinski definition) is 2. The Morgan fingerprint density at radius 2 is 1.81 bits per heavy atom. The second-order valence-electron chi connectivity index (χ2n) is 5.85. The number of benzene rings is 1. The lowest BCUT2D eigenvalue weighted by atomic mass is 10.1. The first-order valence-electron chi connectivity index (χ1n) is 7.41. The molecule has 1 aromatic rings. The highest BCUT2D eigenvalue weighted by molar-refractivity contribution is 7.89. The minimum absolute atomic E-state index is 0.0504. The zero-order valence-corrected chi connectivity index (χ0v) is 16.2. The Kier molecular flexibility index (Phi) is 7.13.